The van der Waals surface area contributed by atoms with Gasteiger partial charge in [-0.2, -0.15) is 0 Å². The molecule has 1 saturated carbocycles. The highest BCUT2D eigenvalue weighted by Crippen LogP contribution is 2.45. The molecule has 13 heavy (non-hydrogen) atoms. The summed E-state index contributed by atoms with van der Waals surface area (Å²) < 4.78 is 5.46. The lowest BCUT2D eigenvalue weighted by Gasteiger charge is -2.53. The van der Waals surface area contributed by atoms with Crippen molar-refractivity contribution in [2.24, 2.45) is 5.41 Å². The van der Waals surface area contributed by atoms with Gasteiger partial charge in [0, 0.05) is 18.6 Å². The Morgan fingerprint density at radius 3 is 2.62 bits per heavy atom. The van der Waals surface area contributed by atoms with Gasteiger partial charge in [-0.05, 0) is 25.8 Å². The van der Waals surface area contributed by atoms with Crippen LogP contribution in [0, 0.1) is 5.41 Å². The molecule has 3 atom stereocenters. The fourth-order valence-corrected chi connectivity index (χ4v) is 2.29. The minimum atomic E-state index is 0.365. The number of ether oxygens (including phenoxy) is 1. The van der Waals surface area contributed by atoms with Crippen LogP contribution < -0.4 is 5.32 Å². The molecule has 1 fully saturated rings. The van der Waals surface area contributed by atoms with Gasteiger partial charge in [0.25, 0.3) is 0 Å². The maximum absolute atomic E-state index is 5.46. The Hall–Kier alpha value is -0.0800. The number of methoxy groups -OCH3 is 1. The summed E-state index contributed by atoms with van der Waals surface area (Å²) in [7, 11) is 1.83. The maximum Gasteiger partial charge on any atom is 0.0654 e. The Kier molecular flexibility index (Phi) is 3.74. The number of nitrogens with one attached hydrogen (secondary N) is 1. The highest BCUT2D eigenvalue weighted by molar-refractivity contribution is 5.04. The summed E-state index contributed by atoms with van der Waals surface area (Å²) in [6.45, 7) is 7.93. The highest BCUT2D eigenvalue weighted by Gasteiger charge is 2.50. The maximum atomic E-state index is 5.46. The summed E-state index contributed by atoms with van der Waals surface area (Å²) in [5.41, 5.74) is 0.365. The van der Waals surface area contributed by atoms with Crippen molar-refractivity contribution < 1.29 is 4.74 Å². The van der Waals surface area contributed by atoms with Crippen LogP contribution in [0.15, 0.2) is 0 Å². The smallest absolute Gasteiger partial charge is 0.0654 e. The van der Waals surface area contributed by atoms with E-state index in [0.717, 1.165) is 6.54 Å². The molecule has 0 saturated heterocycles. The van der Waals surface area contributed by atoms with Crippen molar-refractivity contribution in [3.8, 4) is 0 Å². The number of rotatable bonds is 5. The van der Waals surface area contributed by atoms with Crippen LogP contribution in [-0.2, 0) is 4.74 Å². The summed E-state index contributed by atoms with van der Waals surface area (Å²) >= 11 is 0. The minimum Gasteiger partial charge on any atom is -0.381 e. The lowest BCUT2D eigenvalue weighted by atomic mass is 9.61. The van der Waals surface area contributed by atoms with E-state index in [1.54, 1.807) is 0 Å². The van der Waals surface area contributed by atoms with Crippen LogP contribution in [0.25, 0.3) is 0 Å². The van der Waals surface area contributed by atoms with E-state index in [4.69, 9.17) is 4.74 Å². The topological polar surface area (TPSA) is 21.3 Å². The Bertz CT molecular complexity index is 158. The Balaban J connectivity index is 2.42. The molecule has 3 unspecified atom stereocenters. The zero-order chi connectivity index (χ0) is 9.90. The van der Waals surface area contributed by atoms with E-state index in [0.29, 0.717) is 17.6 Å². The van der Waals surface area contributed by atoms with Crippen LogP contribution in [0.5, 0.6) is 0 Å². The van der Waals surface area contributed by atoms with Crippen LogP contribution in [0.2, 0.25) is 0 Å². The molecule has 0 aromatic rings. The number of hydrogen-bond donors (Lipinski definition) is 1. The molecule has 2 heteroatoms. The van der Waals surface area contributed by atoms with Gasteiger partial charge >= 0.3 is 0 Å². The van der Waals surface area contributed by atoms with Gasteiger partial charge in [-0.1, -0.05) is 20.8 Å². The largest absolute Gasteiger partial charge is 0.381 e. The van der Waals surface area contributed by atoms with E-state index in [2.05, 4.69) is 26.1 Å². The van der Waals surface area contributed by atoms with Gasteiger partial charge in [0.2, 0.25) is 0 Å². The van der Waals surface area contributed by atoms with Crippen LogP contribution in [0.3, 0.4) is 0 Å². The van der Waals surface area contributed by atoms with Crippen LogP contribution in [0.4, 0.5) is 0 Å². The lowest BCUT2D eigenvalue weighted by molar-refractivity contribution is -0.110. The molecule has 1 N–H and O–H groups in total. The van der Waals surface area contributed by atoms with Crippen LogP contribution >= 0.6 is 0 Å². The Labute approximate surface area is 82.0 Å². The summed E-state index contributed by atoms with van der Waals surface area (Å²) in [6, 6.07) is 0.669. The summed E-state index contributed by atoms with van der Waals surface area (Å²) in [4.78, 5) is 0. The highest BCUT2D eigenvalue weighted by atomic mass is 16.5. The van der Waals surface area contributed by atoms with Crippen molar-refractivity contribution in [2.45, 2.75) is 52.2 Å². The van der Waals surface area contributed by atoms with Crippen molar-refractivity contribution >= 4 is 0 Å². The van der Waals surface area contributed by atoms with Gasteiger partial charge in [-0.3, -0.25) is 0 Å². The van der Waals surface area contributed by atoms with Crippen molar-refractivity contribution in [3.05, 3.63) is 0 Å². The molecule has 0 aromatic carbocycles. The molecule has 78 valence electrons. The second-order valence-electron chi connectivity index (χ2n) is 4.33. The second-order valence-corrected chi connectivity index (χ2v) is 4.33. The van der Waals surface area contributed by atoms with Crippen LogP contribution in [0.1, 0.15) is 40.0 Å². The third-order valence-corrected chi connectivity index (χ3v) is 3.67. The summed E-state index contributed by atoms with van der Waals surface area (Å²) in [5.74, 6) is 0. The van der Waals surface area contributed by atoms with Gasteiger partial charge in [0.1, 0.15) is 0 Å². The molecule has 1 rings (SSSR count). The van der Waals surface area contributed by atoms with Crippen molar-refractivity contribution in [1.29, 1.82) is 0 Å². The molecule has 0 aromatic heterocycles. The van der Waals surface area contributed by atoms with Crippen LogP contribution in [-0.4, -0.2) is 25.8 Å². The first-order valence-corrected chi connectivity index (χ1v) is 5.45. The molecular formula is C11H23NO. The molecule has 2 nitrogen and oxygen atoms in total. The van der Waals surface area contributed by atoms with E-state index in [1.165, 1.54) is 19.3 Å². The van der Waals surface area contributed by atoms with E-state index in [9.17, 15) is 0 Å². The first kappa shape index (κ1) is 11.0. The monoisotopic (exact) mass is 185 g/mol. The average molecular weight is 185 g/mol. The van der Waals surface area contributed by atoms with Gasteiger partial charge in [-0.15, -0.1) is 0 Å². The van der Waals surface area contributed by atoms with Gasteiger partial charge in [0.05, 0.1) is 6.10 Å². The minimum absolute atomic E-state index is 0.365. The Morgan fingerprint density at radius 2 is 2.15 bits per heavy atom. The standard InChI is InChI=1S/C11H23NO/c1-5-7-12-9-8-10(13-4)11(9,3)6-2/h9-10,12H,5-8H2,1-4H3. The lowest BCUT2D eigenvalue weighted by Crippen LogP contribution is -2.61. The first-order chi connectivity index (χ1) is 6.19. The number of hydrogen-bond acceptors (Lipinski definition) is 2. The SMILES string of the molecule is CCCNC1CC(OC)C1(C)CC. The predicted molar refractivity (Wildman–Crippen MR) is 55.9 cm³/mol. The molecule has 0 amide bonds. The average Bonchev–Trinajstić information content (AvgIpc) is 2.15. The zero-order valence-electron chi connectivity index (χ0n) is 9.39. The quantitative estimate of drug-likeness (QED) is 0.709. The molecule has 0 spiro atoms. The van der Waals surface area contributed by atoms with Gasteiger partial charge in [0.15, 0.2) is 0 Å². The van der Waals surface area contributed by atoms with E-state index in [1.807, 2.05) is 7.11 Å². The second kappa shape index (κ2) is 4.43. The van der Waals surface area contributed by atoms with E-state index in [-0.39, 0.29) is 0 Å². The van der Waals surface area contributed by atoms with Crippen molar-refractivity contribution in [3.63, 3.8) is 0 Å². The molecule has 0 aliphatic heterocycles. The molecule has 0 radical (unpaired) electrons. The fourth-order valence-electron chi connectivity index (χ4n) is 2.29. The van der Waals surface area contributed by atoms with Gasteiger partial charge in [-0.25, -0.2) is 0 Å². The molecular weight excluding hydrogens is 162 g/mol. The predicted octanol–water partition coefficient (Wildman–Crippen LogP) is 2.19. The normalized spacial score (nSPS) is 38.8. The molecule has 0 heterocycles. The van der Waals surface area contributed by atoms with E-state index < -0.39 is 0 Å². The molecule has 1 aliphatic carbocycles. The molecule has 1 aliphatic rings. The van der Waals surface area contributed by atoms with Crippen molar-refractivity contribution in [2.75, 3.05) is 13.7 Å². The third-order valence-electron chi connectivity index (χ3n) is 3.67. The summed E-state index contributed by atoms with van der Waals surface area (Å²) in [6.07, 6.45) is 4.06. The van der Waals surface area contributed by atoms with Gasteiger partial charge < -0.3 is 10.1 Å². The van der Waals surface area contributed by atoms with Crippen molar-refractivity contribution in [1.82, 2.24) is 5.32 Å². The first-order valence-electron chi connectivity index (χ1n) is 5.45. The van der Waals surface area contributed by atoms with E-state index >= 15 is 0 Å². The zero-order valence-corrected chi connectivity index (χ0v) is 9.39. The molecule has 0 bridgehead atoms. The summed E-state index contributed by atoms with van der Waals surface area (Å²) in [5, 5.41) is 3.59. The Morgan fingerprint density at radius 1 is 1.46 bits per heavy atom. The fraction of sp³-hybridized carbons (Fsp3) is 1.00. The third kappa shape index (κ3) is 1.89.